The van der Waals surface area contributed by atoms with Gasteiger partial charge in [-0.1, -0.05) is 44.2 Å². The number of aliphatic imine (C=N–C) groups is 1. The standard InChI is InChI=1S/C33H48F3N5O7/c1-8-9-10-11-12-13-18-45-24-15-14-21(19-23(24)33(34,35)36)26-37-27(48-40-26)25-22(20-42)16-17-41(25)28(38-29(43)46-31(2,3)4)39-30(44)47-32(5,6)7/h14-15,19,22,25,42H,8-13,16-18,20H2,1-7H3,(H,38,39,43,44)/t22-,25+/m1/s1. The summed E-state index contributed by atoms with van der Waals surface area (Å²) in [5.41, 5.74) is -2.70. The van der Waals surface area contributed by atoms with Crippen molar-refractivity contribution in [2.75, 3.05) is 19.8 Å². The highest BCUT2D eigenvalue weighted by atomic mass is 19.4. The van der Waals surface area contributed by atoms with E-state index in [1.54, 1.807) is 41.5 Å². The Bertz CT molecular complexity index is 1400. The second-order valence-electron chi connectivity index (χ2n) is 13.7. The molecule has 0 saturated carbocycles. The van der Waals surface area contributed by atoms with Gasteiger partial charge in [0.1, 0.15) is 23.0 Å². The van der Waals surface area contributed by atoms with Gasteiger partial charge in [0, 0.05) is 24.6 Å². The van der Waals surface area contributed by atoms with Crippen molar-refractivity contribution < 1.29 is 46.6 Å². The van der Waals surface area contributed by atoms with Crippen LogP contribution in [0.15, 0.2) is 27.7 Å². The number of likely N-dealkylation sites (tertiary alicyclic amines) is 1. The number of rotatable bonds is 11. The van der Waals surface area contributed by atoms with Crippen LogP contribution in [0.3, 0.4) is 0 Å². The zero-order valence-corrected chi connectivity index (χ0v) is 28.8. The normalized spacial score (nSPS) is 17.4. The van der Waals surface area contributed by atoms with Gasteiger partial charge in [0.2, 0.25) is 17.7 Å². The summed E-state index contributed by atoms with van der Waals surface area (Å²) < 4.78 is 64.0. The van der Waals surface area contributed by atoms with Gasteiger partial charge >= 0.3 is 18.4 Å². The van der Waals surface area contributed by atoms with Gasteiger partial charge in [0.05, 0.1) is 12.2 Å². The summed E-state index contributed by atoms with van der Waals surface area (Å²) >= 11 is 0. The molecule has 1 saturated heterocycles. The third-order valence-electron chi connectivity index (χ3n) is 7.23. The van der Waals surface area contributed by atoms with Crippen LogP contribution < -0.4 is 10.1 Å². The number of hydrogen-bond acceptors (Lipinski definition) is 9. The number of nitrogens with one attached hydrogen (secondary N) is 1. The van der Waals surface area contributed by atoms with Crippen LogP contribution >= 0.6 is 0 Å². The largest absolute Gasteiger partial charge is 0.493 e. The summed E-state index contributed by atoms with van der Waals surface area (Å²) in [5, 5.41) is 16.6. The van der Waals surface area contributed by atoms with Crippen molar-refractivity contribution in [1.29, 1.82) is 0 Å². The monoisotopic (exact) mass is 683 g/mol. The van der Waals surface area contributed by atoms with E-state index in [0.717, 1.165) is 38.2 Å². The molecule has 0 bridgehead atoms. The average molecular weight is 684 g/mol. The maximum Gasteiger partial charge on any atom is 0.437 e. The number of halogens is 3. The molecule has 268 valence electrons. The minimum atomic E-state index is -4.70. The van der Waals surface area contributed by atoms with Gasteiger partial charge in [-0.2, -0.15) is 18.2 Å². The quantitative estimate of drug-likeness (QED) is 0.137. The maximum atomic E-state index is 14.1. The van der Waals surface area contributed by atoms with E-state index in [9.17, 15) is 27.9 Å². The van der Waals surface area contributed by atoms with Gasteiger partial charge in [-0.25, -0.2) is 9.59 Å². The molecule has 3 rings (SSSR count). The van der Waals surface area contributed by atoms with E-state index < -0.39 is 47.1 Å². The Morgan fingerprint density at radius 2 is 1.71 bits per heavy atom. The smallest absolute Gasteiger partial charge is 0.437 e. The average Bonchev–Trinajstić information content (AvgIpc) is 3.61. The van der Waals surface area contributed by atoms with Gasteiger partial charge in [0.25, 0.3) is 0 Å². The minimum Gasteiger partial charge on any atom is -0.493 e. The summed E-state index contributed by atoms with van der Waals surface area (Å²) in [6.45, 7) is 12.1. The lowest BCUT2D eigenvalue weighted by Crippen LogP contribution is -2.47. The highest BCUT2D eigenvalue weighted by molar-refractivity contribution is 5.99. The Kier molecular flexibility index (Phi) is 13.2. The maximum absolute atomic E-state index is 14.1. The molecule has 2 heterocycles. The van der Waals surface area contributed by atoms with Crippen LogP contribution in [0.1, 0.15) is 111 Å². The molecule has 0 unspecified atom stereocenters. The van der Waals surface area contributed by atoms with E-state index in [1.165, 1.54) is 17.0 Å². The van der Waals surface area contributed by atoms with Crippen LogP contribution in [0.25, 0.3) is 11.4 Å². The van der Waals surface area contributed by atoms with Crippen LogP contribution in [0, 0.1) is 5.92 Å². The number of hydrogen-bond donors (Lipinski definition) is 2. The third kappa shape index (κ3) is 11.7. The number of nitrogens with zero attached hydrogens (tertiary/aromatic N) is 4. The van der Waals surface area contributed by atoms with Crippen molar-refractivity contribution in [2.24, 2.45) is 10.9 Å². The third-order valence-corrected chi connectivity index (χ3v) is 7.23. The number of carbonyl (C=O) groups is 2. The van der Waals surface area contributed by atoms with Gasteiger partial charge in [-0.05, 0) is 72.6 Å². The minimum absolute atomic E-state index is 0.0314. The molecule has 12 nitrogen and oxygen atoms in total. The first-order chi connectivity index (χ1) is 22.4. The number of ether oxygens (including phenoxy) is 3. The first kappa shape index (κ1) is 38.6. The molecule has 1 aromatic carbocycles. The van der Waals surface area contributed by atoms with Crippen molar-refractivity contribution in [1.82, 2.24) is 20.4 Å². The lowest BCUT2D eigenvalue weighted by molar-refractivity contribution is -0.138. The molecule has 1 aromatic heterocycles. The predicted molar refractivity (Wildman–Crippen MR) is 171 cm³/mol. The highest BCUT2D eigenvalue weighted by Crippen LogP contribution is 2.40. The second kappa shape index (κ2) is 16.5. The Morgan fingerprint density at radius 1 is 1.04 bits per heavy atom. The number of benzene rings is 1. The van der Waals surface area contributed by atoms with Crippen molar-refractivity contribution in [2.45, 2.75) is 117 Å². The molecular weight excluding hydrogens is 635 g/mol. The molecule has 1 aliphatic rings. The molecule has 0 radical (unpaired) electrons. The number of alkyl carbamates (subject to hydrolysis) is 1. The first-order valence-electron chi connectivity index (χ1n) is 16.3. The number of aromatic nitrogens is 2. The van der Waals surface area contributed by atoms with Crippen LogP contribution in [0.4, 0.5) is 22.8 Å². The van der Waals surface area contributed by atoms with Gasteiger partial charge < -0.3 is 28.7 Å². The topological polar surface area (TPSA) is 149 Å². The molecule has 0 spiro atoms. The molecule has 0 aliphatic carbocycles. The molecule has 2 atom stereocenters. The Balaban J connectivity index is 1.90. The molecule has 1 aliphatic heterocycles. The van der Waals surface area contributed by atoms with Crippen LogP contribution in [0.2, 0.25) is 0 Å². The number of guanidine groups is 1. The summed E-state index contributed by atoms with van der Waals surface area (Å²) in [5.74, 6) is -1.26. The lowest BCUT2D eigenvalue weighted by Gasteiger charge is -2.28. The number of amides is 2. The van der Waals surface area contributed by atoms with E-state index in [1.807, 2.05) is 0 Å². The fourth-order valence-electron chi connectivity index (χ4n) is 5.10. The molecule has 48 heavy (non-hydrogen) atoms. The summed E-state index contributed by atoms with van der Waals surface area (Å²) in [6, 6.07) is 2.64. The van der Waals surface area contributed by atoms with E-state index in [-0.39, 0.29) is 48.7 Å². The summed E-state index contributed by atoms with van der Waals surface area (Å²) in [6.07, 6.45) is -0.403. The summed E-state index contributed by atoms with van der Waals surface area (Å²) in [7, 11) is 0. The number of alkyl halides is 3. The predicted octanol–water partition coefficient (Wildman–Crippen LogP) is 7.67. The zero-order chi connectivity index (χ0) is 35.7. The van der Waals surface area contributed by atoms with Gasteiger partial charge in [0.15, 0.2) is 0 Å². The fourth-order valence-corrected chi connectivity index (χ4v) is 5.10. The molecule has 2 amide bonds. The number of aliphatic hydroxyl groups is 1. The Labute approximate surface area is 279 Å². The van der Waals surface area contributed by atoms with E-state index in [2.05, 4.69) is 27.4 Å². The van der Waals surface area contributed by atoms with E-state index >= 15 is 0 Å². The van der Waals surface area contributed by atoms with E-state index in [0.29, 0.717) is 12.8 Å². The summed E-state index contributed by atoms with van der Waals surface area (Å²) in [4.78, 5) is 35.3. The van der Waals surface area contributed by atoms with Crippen molar-refractivity contribution in [3.63, 3.8) is 0 Å². The molecule has 1 fully saturated rings. The van der Waals surface area contributed by atoms with Gasteiger partial charge in [-0.15, -0.1) is 4.99 Å². The SMILES string of the molecule is CCCCCCCCOc1ccc(-c2noc([C@@H]3[C@@H](CO)CCN3/C(=N/C(=O)OC(C)(C)C)NC(=O)OC(C)(C)C)n2)cc1C(F)(F)F. The lowest BCUT2D eigenvalue weighted by atomic mass is 10.0. The highest BCUT2D eigenvalue weighted by Gasteiger charge is 2.42. The number of aliphatic hydroxyl groups excluding tert-OH is 1. The first-order valence-corrected chi connectivity index (χ1v) is 16.3. The number of carbonyl (C=O) groups excluding carboxylic acids is 2. The van der Waals surface area contributed by atoms with Crippen molar-refractivity contribution in [3.8, 4) is 17.1 Å². The fraction of sp³-hybridized carbons (Fsp3) is 0.667. The molecule has 15 heteroatoms. The van der Waals surface area contributed by atoms with Crippen molar-refractivity contribution in [3.05, 3.63) is 29.7 Å². The number of unbranched alkanes of at least 4 members (excludes halogenated alkanes) is 5. The van der Waals surface area contributed by atoms with E-state index in [4.69, 9.17) is 18.7 Å². The Morgan fingerprint density at radius 3 is 2.33 bits per heavy atom. The molecule has 2 aromatic rings. The van der Waals surface area contributed by atoms with Crippen LogP contribution in [-0.4, -0.2) is 69.3 Å². The van der Waals surface area contributed by atoms with Gasteiger partial charge in [-0.3, -0.25) is 5.32 Å². The second-order valence-corrected chi connectivity index (χ2v) is 13.7. The van der Waals surface area contributed by atoms with Crippen LogP contribution in [0.5, 0.6) is 5.75 Å². The Hall–Kier alpha value is -3.88. The van der Waals surface area contributed by atoms with Crippen LogP contribution in [-0.2, 0) is 15.7 Å². The zero-order valence-electron chi connectivity index (χ0n) is 28.8. The molecular formula is C33H48F3N5O7. The van der Waals surface area contributed by atoms with Crippen molar-refractivity contribution >= 4 is 18.1 Å². The molecule has 2 N–H and O–H groups in total.